The molecule has 0 saturated carbocycles. The maximum absolute atomic E-state index is 13.9. The van der Waals surface area contributed by atoms with Gasteiger partial charge in [0.2, 0.25) is 0 Å². The number of hydrogen-bond donors (Lipinski definition) is 1. The van der Waals surface area contributed by atoms with Gasteiger partial charge in [0.1, 0.15) is 11.6 Å². The van der Waals surface area contributed by atoms with E-state index in [-0.39, 0.29) is 17.6 Å². The van der Waals surface area contributed by atoms with Crippen molar-refractivity contribution in [3.05, 3.63) is 58.9 Å². The maximum Gasteiger partial charge on any atom is 0.335 e. The van der Waals surface area contributed by atoms with Crippen molar-refractivity contribution in [1.82, 2.24) is 9.38 Å². The molecule has 1 N–H and O–H groups in total. The van der Waals surface area contributed by atoms with E-state index in [2.05, 4.69) is 4.98 Å². The molecule has 0 bridgehead atoms. The normalized spacial score (nSPS) is 11.9. The van der Waals surface area contributed by atoms with Gasteiger partial charge in [-0.1, -0.05) is 0 Å². The van der Waals surface area contributed by atoms with Crippen LogP contribution in [0.5, 0.6) is 0 Å². The minimum absolute atomic E-state index is 0.0837. The number of ether oxygens (including phenoxy) is 1. The maximum atomic E-state index is 13.9. The molecular formula is C16H12F2N2O3S. The van der Waals surface area contributed by atoms with Gasteiger partial charge in [-0.05, 0) is 12.1 Å². The predicted molar refractivity (Wildman–Crippen MR) is 84.9 cm³/mol. The van der Waals surface area contributed by atoms with Crippen LogP contribution in [0.2, 0.25) is 0 Å². The summed E-state index contributed by atoms with van der Waals surface area (Å²) in [6.45, 7) is 0. The smallest absolute Gasteiger partial charge is 0.335 e. The van der Waals surface area contributed by atoms with E-state index in [4.69, 9.17) is 9.84 Å². The lowest BCUT2D eigenvalue weighted by atomic mass is 10.1. The zero-order chi connectivity index (χ0) is 17.3. The van der Waals surface area contributed by atoms with Crippen LogP contribution in [0, 0.1) is 11.6 Å². The summed E-state index contributed by atoms with van der Waals surface area (Å²) in [5, 5.41) is 10.9. The van der Waals surface area contributed by atoms with Crippen LogP contribution < -0.4 is 0 Å². The second-order valence-electron chi connectivity index (χ2n) is 4.99. The van der Waals surface area contributed by atoms with Crippen LogP contribution in [-0.2, 0) is 16.0 Å². The zero-order valence-electron chi connectivity index (χ0n) is 12.5. The molecule has 3 rings (SSSR count). The molecule has 2 heterocycles. The second kappa shape index (κ2) is 6.40. The third-order valence-corrected chi connectivity index (χ3v) is 4.29. The van der Waals surface area contributed by atoms with Gasteiger partial charge in [0.25, 0.3) is 0 Å². The first-order chi connectivity index (χ1) is 11.5. The van der Waals surface area contributed by atoms with E-state index >= 15 is 0 Å². The van der Waals surface area contributed by atoms with Gasteiger partial charge in [-0.15, -0.1) is 11.3 Å². The van der Waals surface area contributed by atoms with E-state index < -0.39 is 17.6 Å². The summed E-state index contributed by atoms with van der Waals surface area (Å²) < 4.78 is 33.4. The van der Waals surface area contributed by atoms with E-state index in [9.17, 15) is 13.6 Å². The molecule has 0 aliphatic heterocycles. The number of fused-ring (bicyclic) bond motifs is 1. The molecule has 3 aromatic rings. The van der Waals surface area contributed by atoms with Crippen molar-refractivity contribution in [2.45, 2.75) is 6.42 Å². The molecular weight excluding hydrogens is 338 g/mol. The van der Waals surface area contributed by atoms with Gasteiger partial charge in [-0.25, -0.2) is 18.6 Å². The molecule has 0 aliphatic carbocycles. The van der Waals surface area contributed by atoms with Crippen molar-refractivity contribution in [3.63, 3.8) is 0 Å². The highest BCUT2D eigenvalue weighted by Crippen LogP contribution is 2.27. The van der Waals surface area contributed by atoms with Gasteiger partial charge in [0.05, 0.1) is 24.6 Å². The minimum atomic E-state index is -1.08. The number of nitrogens with zero attached hydrogens (tertiary/aromatic N) is 2. The van der Waals surface area contributed by atoms with E-state index in [0.29, 0.717) is 16.3 Å². The number of imidazole rings is 1. The van der Waals surface area contributed by atoms with Crippen LogP contribution in [-0.4, -0.2) is 27.6 Å². The SMILES string of the molecule is CO/C=C(/Cc1csc2nc(-c3ccc(F)cc3F)cn12)C(=O)O. The van der Waals surface area contributed by atoms with Crippen molar-refractivity contribution in [2.75, 3.05) is 7.11 Å². The summed E-state index contributed by atoms with van der Waals surface area (Å²) >= 11 is 1.30. The fourth-order valence-electron chi connectivity index (χ4n) is 2.29. The molecule has 1 aromatic carbocycles. The number of carbonyl (C=O) groups is 1. The molecule has 8 heteroatoms. The largest absolute Gasteiger partial charge is 0.504 e. The van der Waals surface area contributed by atoms with E-state index in [1.807, 2.05) is 0 Å². The Balaban J connectivity index is 2.00. The highest BCUT2D eigenvalue weighted by Gasteiger charge is 2.16. The van der Waals surface area contributed by atoms with Gasteiger partial charge in [-0.3, -0.25) is 4.40 Å². The van der Waals surface area contributed by atoms with Crippen LogP contribution in [0.3, 0.4) is 0 Å². The number of rotatable bonds is 5. The Morgan fingerprint density at radius 3 is 2.92 bits per heavy atom. The van der Waals surface area contributed by atoms with E-state index in [1.54, 1.807) is 16.0 Å². The lowest BCUT2D eigenvalue weighted by molar-refractivity contribution is -0.132. The molecule has 0 aliphatic rings. The molecule has 0 saturated heterocycles. The van der Waals surface area contributed by atoms with Gasteiger partial charge in [0.15, 0.2) is 4.96 Å². The van der Waals surface area contributed by atoms with E-state index in [1.165, 1.54) is 30.8 Å². The van der Waals surface area contributed by atoms with Crippen LogP contribution in [0.1, 0.15) is 5.69 Å². The average Bonchev–Trinajstić information content (AvgIpc) is 3.08. The first-order valence-electron chi connectivity index (χ1n) is 6.85. The Morgan fingerprint density at radius 2 is 2.25 bits per heavy atom. The van der Waals surface area contributed by atoms with Gasteiger partial charge in [0, 0.05) is 35.3 Å². The van der Waals surface area contributed by atoms with Crippen molar-refractivity contribution in [1.29, 1.82) is 0 Å². The topological polar surface area (TPSA) is 63.8 Å². The number of thiazole rings is 1. The Bertz CT molecular complexity index is 946. The van der Waals surface area contributed by atoms with Crippen LogP contribution in [0.4, 0.5) is 8.78 Å². The Hall–Kier alpha value is -2.74. The summed E-state index contributed by atoms with van der Waals surface area (Å²) in [6.07, 6.45) is 2.90. The second-order valence-corrected chi connectivity index (χ2v) is 5.83. The molecule has 0 spiro atoms. The minimum Gasteiger partial charge on any atom is -0.504 e. The zero-order valence-corrected chi connectivity index (χ0v) is 13.3. The first kappa shape index (κ1) is 16.1. The summed E-state index contributed by atoms with van der Waals surface area (Å²) in [5.74, 6) is -2.44. The Morgan fingerprint density at radius 1 is 1.46 bits per heavy atom. The lowest BCUT2D eigenvalue weighted by Crippen LogP contribution is -2.05. The van der Waals surface area contributed by atoms with Gasteiger partial charge < -0.3 is 9.84 Å². The Labute approximate surface area is 139 Å². The number of carboxylic acids is 1. The van der Waals surface area contributed by atoms with E-state index in [0.717, 1.165) is 12.1 Å². The summed E-state index contributed by atoms with van der Waals surface area (Å²) in [6, 6.07) is 3.29. The van der Waals surface area contributed by atoms with Crippen LogP contribution >= 0.6 is 11.3 Å². The molecule has 24 heavy (non-hydrogen) atoms. The highest BCUT2D eigenvalue weighted by atomic mass is 32.1. The fourth-order valence-corrected chi connectivity index (χ4v) is 3.16. The molecule has 0 amide bonds. The monoisotopic (exact) mass is 350 g/mol. The number of halogens is 2. The highest BCUT2D eigenvalue weighted by molar-refractivity contribution is 7.15. The fraction of sp³-hybridized carbons (Fsp3) is 0.125. The summed E-state index contributed by atoms with van der Waals surface area (Å²) in [5.41, 5.74) is 1.31. The van der Waals surface area contributed by atoms with Crippen molar-refractivity contribution in [2.24, 2.45) is 0 Å². The number of carboxylic acid groups (broad SMARTS) is 1. The molecule has 2 aromatic heterocycles. The molecule has 0 atom stereocenters. The van der Waals surface area contributed by atoms with Crippen molar-refractivity contribution >= 4 is 22.3 Å². The number of benzene rings is 1. The number of hydrogen-bond acceptors (Lipinski definition) is 4. The Kier molecular flexibility index (Phi) is 4.30. The third-order valence-electron chi connectivity index (χ3n) is 3.40. The van der Waals surface area contributed by atoms with Crippen LogP contribution in [0.25, 0.3) is 16.2 Å². The van der Waals surface area contributed by atoms with Crippen molar-refractivity contribution < 1.29 is 23.4 Å². The predicted octanol–water partition coefficient (Wildman–Crippen LogP) is 3.50. The number of aromatic nitrogens is 2. The lowest BCUT2D eigenvalue weighted by Gasteiger charge is -2.02. The van der Waals surface area contributed by atoms with Gasteiger partial charge >= 0.3 is 5.97 Å². The standard InChI is InChI=1S/C16H12F2N2O3S/c1-23-7-9(15(21)22)4-11-8-24-16-19-14(6-20(11)16)12-3-2-10(17)5-13(12)18/h2-3,5-8H,4H2,1H3,(H,21,22)/b9-7-. The summed E-state index contributed by atoms with van der Waals surface area (Å²) in [4.78, 5) is 16.1. The third kappa shape index (κ3) is 3.00. The summed E-state index contributed by atoms with van der Waals surface area (Å²) in [7, 11) is 1.37. The number of methoxy groups -OCH3 is 1. The molecule has 0 radical (unpaired) electrons. The molecule has 124 valence electrons. The molecule has 0 fully saturated rings. The number of aliphatic carboxylic acids is 1. The average molecular weight is 350 g/mol. The van der Waals surface area contributed by atoms with Gasteiger partial charge in [-0.2, -0.15) is 0 Å². The first-order valence-corrected chi connectivity index (χ1v) is 7.73. The quantitative estimate of drug-likeness (QED) is 0.565. The molecule has 5 nitrogen and oxygen atoms in total. The van der Waals surface area contributed by atoms with Crippen molar-refractivity contribution in [3.8, 4) is 11.3 Å². The molecule has 0 unspecified atom stereocenters. The van der Waals surface area contributed by atoms with Crippen LogP contribution in [0.15, 0.2) is 41.6 Å².